The largest absolute Gasteiger partial charge is 0.497 e. The van der Waals surface area contributed by atoms with Gasteiger partial charge in [0.2, 0.25) is 0 Å². The SMILES string of the molecule is COc1ccc2nccc(C(CC[C@@H]3CCN(CC#Cc4cc(F)cc(F)c4F)C[C@@H]3C(=O)O)NO)c2c1. The predicted octanol–water partition coefficient (Wildman–Crippen LogP) is 4.54. The molecule has 4 rings (SSSR count). The van der Waals surface area contributed by atoms with Gasteiger partial charge in [-0.2, -0.15) is 5.48 Å². The first kappa shape index (κ1) is 27.4. The van der Waals surface area contributed by atoms with Crippen LogP contribution in [0.4, 0.5) is 13.2 Å². The van der Waals surface area contributed by atoms with Gasteiger partial charge in [0.05, 0.1) is 36.7 Å². The summed E-state index contributed by atoms with van der Waals surface area (Å²) in [5, 5.41) is 20.7. The molecule has 1 saturated heterocycles. The molecule has 1 aliphatic rings. The number of carbonyl (C=O) groups is 1. The number of nitrogens with zero attached hydrogens (tertiary/aromatic N) is 2. The monoisotopic (exact) mass is 527 g/mol. The quantitative estimate of drug-likeness (QED) is 0.225. The molecule has 0 amide bonds. The number of benzene rings is 2. The van der Waals surface area contributed by atoms with E-state index in [1.165, 1.54) is 0 Å². The first-order valence-corrected chi connectivity index (χ1v) is 12.2. The molecule has 3 N–H and O–H groups in total. The van der Waals surface area contributed by atoms with Gasteiger partial charge in [0, 0.05) is 24.2 Å². The molecule has 3 atom stereocenters. The minimum Gasteiger partial charge on any atom is -0.497 e. The number of hydrogen-bond acceptors (Lipinski definition) is 6. The highest BCUT2D eigenvalue weighted by molar-refractivity contribution is 5.84. The van der Waals surface area contributed by atoms with E-state index in [1.807, 2.05) is 29.2 Å². The predicted molar refractivity (Wildman–Crippen MR) is 134 cm³/mol. The van der Waals surface area contributed by atoms with Gasteiger partial charge in [-0.15, -0.1) is 0 Å². The van der Waals surface area contributed by atoms with Gasteiger partial charge in [-0.05, 0) is 67.6 Å². The smallest absolute Gasteiger partial charge is 0.308 e. The Kier molecular flexibility index (Phi) is 8.84. The lowest BCUT2D eigenvalue weighted by Crippen LogP contribution is -2.44. The number of rotatable bonds is 8. The van der Waals surface area contributed by atoms with Crippen molar-refractivity contribution in [2.45, 2.75) is 25.3 Å². The molecule has 0 bridgehead atoms. The number of aliphatic carboxylic acids is 1. The minimum atomic E-state index is -1.31. The second-order valence-corrected chi connectivity index (χ2v) is 9.32. The summed E-state index contributed by atoms with van der Waals surface area (Å²) in [5.74, 6) is 0.626. The number of fused-ring (bicyclic) bond motifs is 1. The molecule has 0 aliphatic carbocycles. The van der Waals surface area contributed by atoms with E-state index in [-0.39, 0.29) is 24.6 Å². The van der Waals surface area contributed by atoms with Crippen molar-refractivity contribution in [2.75, 3.05) is 26.7 Å². The van der Waals surface area contributed by atoms with Crippen LogP contribution in [0.15, 0.2) is 42.6 Å². The molecule has 3 aromatic rings. The van der Waals surface area contributed by atoms with E-state index in [4.69, 9.17) is 4.74 Å². The second-order valence-electron chi connectivity index (χ2n) is 9.32. The van der Waals surface area contributed by atoms with E-state index in [1.54, 1.807) is 13.3 Å². The fourth-order valence-electron chi connectivity index (χ4n) is 4.98. The summed E-state index contributed by atoms with van der Waals surface area (Å²) >= 11 is 0. The number of hydroxylamine groups is 1. The van der Waals surface area contributed by atoms with Crippen LogP contribution < -0.4 is 10.2 Å². The molecule has 1 aromatic heterocycles. The molecule has 2 heterocycles. The molecule has 1 unspecified atom stereocenters. The molecule has 1 fully saturated rings. The number of likely N-dealkylation sites (tertiary alicyclic amines) is 1. The number of nitrogens with one attached hydrogen (secondary N) is 1. The lowest BCUT2D eigenvalue weighted by atomic mass is 9.81. The fourth-order valence-corrected chi connectivity index (χ4v) is 4.98. The summed E-state index contributed by atoms with van der Waals surface area (Å²) in [6.45, 7) is 0.941. The van der Waals surface area contributed by atoms with Gasteiger partial charge in [0.15, 0.2) is 11.6 Å². The molecule has 1 aliphatic heterocycles. The van der Waals surface area contributed by atoms with Gasteiger partial charge in [0.25, 0.3) is 0 Å². The van der Waals surface area contributed by atoms with Gasteiger partial charge >= 0.3 is 5.97 Å². The second kappa shape index (κ2) is 12.3. The molecule has 38 heavy (non-hydrogen) atoms. The van der Waals surface area contributed by atoms with E-state index >= 15 is 0 Å². The summed E-state index contributed by atoms with van der Waals surface area (Å²) in [4.78, 5) is 18.3. The Morgan fingerprint density at radius 1 is 1.26 bits per heavy atom. The first-order chi connectivity index (χ1) is 18.3. The van der Waals surface area contributed by atoms with Crippen LogP contribution in [0.3, 0.4) is 0 Å². The van der Waals surface area contributed by atoms with Crippen LogP contribution in [0.5, 0.6) is 5.75 Å². The van der Waals surface area contributed by atoms with E-state index in [9.17, 15) is 28.3 Å². The summed E-state index contributed by atoms with van der Waals surface area (Å²) in [5.41, 5.74) is 3.57. The number of halogens is 3. The van der Waals surface area contributed by atoms with Crippen molar-refractivity contribution in [1.29, 1.82) is 0 Å². The van der Waals surface area contributed by atoms with Crippen LogP contribution in [-0.2, 0) is 4.79 Å². The molecule has 0 radical (unpaired) electrons. The summed E-state index contributed by atoms with van der Waals surface area (Å²) < 4.78 is 45.9. The highest BCUT2D eigenvalue weighted by Crippen LogP contribution is 2.33. The van der Waals surface area contributed by atoms with Crippen LogP contribution in [0.2, 0.25) is 0 Å². The zero-order valence-corrected chi connectivity index (χ0v) is 20.8. The van der Waals surface area contributed by atoms with Crippen molar-refractivity contribution in [2.24, 2.45) is 11.8 Å². The molecule has 2 aromatic carbocycles. The Hall–Kier alpha value is -3.65. The number of methoxy groups -OCH3 is 1. The third-order valence-corrected chi connectivity index (χ3v) is 7.02. The maximum absolute atomic E-state index is 13.8. The van der Waals surface area contributed by atoms with Crippen LogP contribution >= 0.6 is 0 Å². The third-order valence-electron chi connectivity index (χ3n) is 7.02. The highest BCUT2D eigenvalue weighted by atomic mass is 19.2. The summed E-state index contributed by atoms with van der Waals surface area (Å²) in [6.07, 6.45) is 3.30. The maximum atomic E-state index is 13.8. The van der Waals surface area contributed by atoms with Gasteiger partial charge in [-0.1, -0.05) is 11.8 Å². The van der Waals surface area contributed by atoms with Gasteiger partial charge < -0.3 is 15.1 Å². The molecule has 0 spiro atoms. The maximum Gasteiger partial charge on any atom is 0.308 e. The van der Waals surface area contributed by atoms with Crippen LogP contribution in [0, 0.1) is 41.1 Å². The lowest BCUT2D eigenvalue weighted by Gasteiger charge is -2.36. The van der Waals surface area contributed by atoms with Crippen molar-refractivity contribution >= 4 is 16.9 Å². The number of carboxylic acid groups (broad SMARTS) is 1. The number of ether oxygens (including phenoxy) is 1. The van der Waals surface area contributed by atoms with Crippen LogP contribution in [0.1, 0.15) is 36.4 Å². The number of carboxylic acids is 1. The normalized spacial score (nSPS) is 18.6. The van der Waals surface area contributed by atoms with Crippen molar-refractivity contribution < 1.29 is 33.0 Å². The van der Waals surface area contributed by atoms with E-state index in [0.29, 0.717) is 37.6 Å². The number of piperidine rings is 1. The Morgan fingerprint density at radius 2 is 2.08 bits per heavy atom. The summed E-state index contributed by atoms with van der Waals surface area (Å²) in [6, 6.07) is 8.16. The molecule has 0 saturated carbocycles. The van der Waals surface area contributed by atoms with Crippen molar-refractivity contribution in [1.82, 2.24) is 15.4 Å². The molecule has 10 heteroatoms. The van der Waals surface area contributed by atoms with Crippen LogP contribution in [-0.4, -0.2) is 52.9 Å². The Balaban J connectivity index is 1.42. The van der Waals surface area contributed by atoms with Gasteiger partial charge in [-0.3, -0.25) is 14.7 Å². The van der Waals surface area contributed by atoms with Gasteiger partial charge in [0.1, 0.15) is 11.6 Å². The van der Waals surface area contributed by atoms with Gasteiger partial charge in [-0.25, -0.2) is 13.2 Å². The topological polar surface area (TPSA) is 94.9 Å². The standard InChI is InChI=1S/C28H28F3N3O4/c1-38-20-5-7-25-22(15-20)21(8-10-32-25)26(33-37)6-4-17-9-12-34(16-23(17)28(35)36)11-2-3-18-13-19(29)14-24(30)27(18)31/h5,7-8,10,13-15,17,23,26,33,37H,4,6,9,11-12,16H2,1H3,(H,35,36)/t17-,23+,26?/m1/s1. The zero-order valence-electron chi connectivity index (χ0n) is 20.8. The van der Waals surface area contributed by atoms with E-state index in [0.717, 1.165) is 22.5 Å². The number of hydrogen-bond donors (Lipinski definition) is 3. The average Bonchev–Trinajstić information content (AvgIpc) is 2.91. The Bertz CT molecular complexity index is 1370. The minimum absolute atomic E-state index is 0.134. The highest BCUT2D eigenvalue weighted by Gasteiger charge is 2.34. The van der Waals surface area contributed by atoms with E-state index in [2.05, 4.69) is 22.3 Å². The number of aromatic nitrogens is 1. The lowest BCUT2D eigenvalue weighted by molar-refractivity contribution is -0.146. The van der Waals surface area contributed by atoms with E-state index < -0.39 is 35.4 Å². The zero-order chi connectivity index (χ0) is 27.2. The average molecular weight is 528 g/mol. The first-order valence-electron chi connectivity index (χ1n) is 12.2. The Labute approximate surface area is 218 Å². The summed E-state index contributed by atoms with van der Waals surface area (Å²) in [7, 11) is 1.57. The molecule has 200 valence electrons. The van der Waals surface area contributed by atoms with Crippen molar-refractivity contribution in [3.63, 3.8) is 0 Å². The van der Waals surface area contributed by atoms with Crippen molar-refractivity contribution in [3.05, 3.63) is 71.2 Å². The van der Waals surface area contributed by atoms with Crippen LogP contribution in [0.25, 0.3) is 10.9 Å². The molecule has 7 nitrogen and oxygen atoms in total. The molecular weight excluding hydrogens is 499 g/mol. The number of pyridine rings is 1. The Morgan fingerprint density at radius 3 is 2.82 bits per heavy atom. The molecular formula is C28H28F3N3O4. The fraction of sp³-hybridized carbons (Fsp3) is 0.357. The van der Waals surface area contributed by atoms with Crippen molar-refractivity contribution in [3.8, 4) is 17.6 Å². The third kappa shape index (κ3) is 6.25.